The number of methoxy groups -OCH3 is 3. The zero-order valence-corrected chi connectivity index (χ0v) is 20.4. The van der Waals surface area contributed by atoms with Gasteiger partial charge in [0.15, 0.2) is 11.5 Å². The molecule has 8 heteroatoms. The average Bonchev–Trinajstić information content (AvgIpc) is 3.19. The van der Waals surface area contributed by atoms with Crippen LogP contribution in [0.5, 0.6) is 17.2 Å². The zero-order valence-electron chi connectivity index (χ0n) is 20.4. The predicted octanol–water partition coefficient (Wildman–Crippen LogP) is 3.98. The SMILES string of the molecule is CCn1cc(/C=C(\NC(=O)c2cc(OC)c(OC)c(OC)c2)C(=O)NC(C)C)c2ccccc21. The third-order valence-corrected chi connectivity index (χ3v) is 5.30. The van der Waals surface area contributed by atoms with Gasteiger partial charge in [0.25, 0.3) is 11.8 Å². The van der Waals surface area contributed by atoms with Crippen LogP contribution < -0.4 is 24.8 Å². The Morgan fingerprint density at radius 1 is 1.03 bits per heavy atom. The van der Waals surface area contributed by atoms with Crippen LogP contribution in [-0.4, -0.2) is 43.8 Å². The van der Waals surface area contributed by atoms with Crippen LogP contribution in [0.15, 0.2) is 48.3 Å². The molecule has 8 nitrogen and oxygen atoms in total. The van der Waals surface area contributed by atoms with Crippen molar-refractivity contribution >= 4 is 28.8 Å². The summed E-state index contributed by atoms with van der Waals surface area (Å²) in [7, 11) is 4.44. The van der Waals surface area contributed by atoms with E-state index in [0.717, 1.165) is 23.0 Å². The van der Waals surface area contributed by atoms with E-state index in [1.165, 1.54) is 33.5 Å². The van der Waals surface area contributed by atoms with E-state index >= 15 is 0 Å². The largest absolute Gasteiger partial charge is 0.493 e. The number of aromatic nitrogens is 1. The number of para-hydroxylation sites is 1. The summed E-state index contributed by atoms with van der Waals surface area (Å²) in [5.74, 6) is 0.195. The number of hydrogen-bond acceptors (Lipinski definition) is 5. The van der Waals surface area contributed by atoms with Crippen molar-refractivity contribution in [3.8, 4) is 17.2 Å². The molecule has 0 unspecified atom stereocenters. The number of benzene rings is 2. The zero-order chi connectivity index (χ0) is 24.8. The maximum Gasteiger partial charge on any atom is 0.268 e. The van der Waals surface area contributed by atoms with Crippen molar-refractivity contribution in [2.24, 2.45) is 0 Å². The van der Waals surface area contributed by atoms with Gasteiger partial charge in [-0.05, 0) is 45.0 Å². The first-order chi connectivity index (χ1) is 16.3. The van der Waals surface area contributed by atoms with Crippen LogP contribution in [0.4, 0.5) is 0 Å². The van der Waals surface area contributed by atoms with Crippen LogP contribution in [0, 0.1) is 0 Å². The van der Waals surface area contributed by atoms with Crippen LogP contribution in [0.3, 0.4) is 0 Å². The van der Waals surface area contributed by atoms with Gasteiger partial charge in [-0.2, -0.15) is 0 Å². The van der Waals surface area contributed by atoms with Crippen LogP contribution >= 0.6 is 0 Å². The fourth-order valence-electron chi connectivity index (χ4n) is 3.71. The number of nitrogens with one attached hydrogen (secondary N) is 2. The second kappa shape index (κ2) is 10.8. The van der Waals surface area contributed by atoms with Gasteiger partial charge in [-0.1, -0.05) is 18.2 Å². The summed E-state index contributed by atoms with van der Waals surface area (Å²) in [4.78, 5) is 26.2. The maximum atomic E-state index is 13.2. The molecule has 0 atom stereocenters. The highest BCUT2D eigenvalue weighted by atomic mass is 16.5. The third-order valence-electron chi connectivity index (χ3n) is 5.30. The molecule has 0 bridgehead atoms. The number of rotatable bonds is 9. The van der Waals surface area contributed by atoms with Crippen LogP contribution in [0.2, 0.25) is 0 Å². The van der Waals surface area contributed by atoms with Crippen LogP contribution in [0.1, 0.15) is 36.7 Å². The minimum absolute atomic E-state index is 0.106. The molecule has 0 fully saturated rings. The number of aryl methyl sites for hydroxylation is 1. The van der Waals surface area contributed by atoms with Crippen molar-refractivity contribution in [1.29, 1.82) is 0 Å². The summed E-state index contributed by atoms with van der Waals surface area (Å²) in [6.45, 7) is 6.55. The Balaban J connectivity index is 2.05. The monoisotopic (exact) mass is 465 g/mol. The number of fused-ring (bicyclic) bond motifs is 1. The minimum Gasteiger partial charge on any atom is -0.493 e. The van der Waals surface area contributed by atoms with Crippen molar-refractivity contribution in [1.82, 2.24) is 15.2 Å². The highest BCUT2D eigenvalue weighted by Crippen LogP contribution is 2.38. The van der Waals surface area contributed by atoms with E-state index in [0.29, 0.717) is 17.2 Å². The molecule has 0 saturated heterocycles. The van der Waals surface area contributed by atoms with Gasteiger partial charge in [-0.3, -0.25) is 9.59 Å². The van der Waals surface area contributed by atoms with E-state index in [4.69, 9.17) is 14.2 Å². The molecule has 3 rings (SSSR count). The molecule has 2 N–H and O–H groups in total. The van der Waals surface area contributed by atoms with E-state index in [-0.39, 0.29) is 23.2 Å². The summed E-state index contributed by atoms with van der Waals surface area (Å²) >= 11 is 0. The van der Waals surface area contributed by atoms with E-state index in [2.05, 4.69) is 22.1 Å². The molecule has 2 amide bonds. The van der Waals surface area contributed by atoms with Gasteiger partial charge in [0.1, 0.15) is 5.70 Å². The maximum absolute atomic E-state index is 13.2. The third kappa shape index (κ3) is 5.17. The summed E-state index contributed by atoms with van der Waals surface area (Å²) in [5, 5.41) is 6.61. The molecule has 0 aliphatic carbocycles. The average molecular weight is 466 g/mol. The van der Waals surface area contributed by atoms with Crippen molar-refractivity contribution in [2.75, 3.05) is 21.3 Å². The smallest absolute Gasteiger partial charge is 0.268 e. The molecule has 1 aromatic heterocycles. The Kier molecular flexibility index (Phi) is 7.83. The summed E-state index contributed by atoms with van der Waals surface area (Å²) in [6.07, 6.45) is 3.67. The number of amides is 2. The van der Waals surface area contributed by atoms with E-state index in [9.17, 15) is 9.59 Å². The molecule has 2 aromatic carbocycles. The van der Waals surface area contributed by atoms with Gasteiger partial charge in [0, 0.05) is 40.8 Å². The highest BCUT2D eigenvalue weighted by Gasteiger charge is 2.20. The van der Waals surface area contributed by atoms with Crippen molar-refractivity contribution in [2.45, 2.75) is 33.4 Å². The number of nitrogens with zero attached hydrogens (tertiary/aromatic N) is 1. The van der Waals surface area contributed by atoms with Gasteiger partial charge < -0.3 is 29.4 Å². The topological polar surface area (TPSA) is 90.8 Å². The Morgan fingerprint density at radius 2 is 1.68 bits per heavy atom. The number of ether oxygens (including phenoxy) is 3. The number of carbonyl (C=O) groups excluding carboxylic acids is 2. The molecular weight excluding hydrogens is 434 g/mol. The van der Waals surface area contributed by atoms with Crippen LogP contribution in [0.25, 0.3) is 17.0 Å². The molecular formula is C26H31N3O5. The molecule has 0 aliphatic heterocycles. The van der Waals surface area contributed by atoms with Gasteiger partial charge in [0.05, 0.1) is 21.3 Å². The Morgan fingerprint density at radius 3 is 2.24 bits per heavy atom. The fraction of sp³-hybridized carbons (Fsp3) is 0.308. The van der Waals surface area contributed by atoms with Crippen molar-refractivity contribution < 1.29 is 23.8 Å². The molecule has 0 spiro atoms. The Hall–Kier alpha value is -3.94. The summed E-state index contributed by atoms with van der Waals surface area (Å²) < 4.78 is 18.1. The van der Waals surface area contributed by atoms with Gasteiger partial charge in [-0.15, -0.1) is 0 Å². The lowest BCUT2D eigenvalue weighted by Gasteiger charge is -2.16. The van der Waals surface area contributed by atoms with Crippen LogP contribution in [-0.2, 0) is 11.3 Å². The van der Waals surface area contributed by atoms with Gasteiger partial charge in [-0.25, -0.2) is 0 Å². The molecule has 0 aliphatic rings. The quantitative estimate of drug-likeness (QED) is 0.467. The second-order valence-corrected chi connectivity index (χ2v) is 7.94. The lowest BCUT2D eigenvalue weighted by molar-refractivity contribution is -0.118. The lowest BCUT2D eigenvalue weighted by Crippen LogP contribution is -2.38. The molecule has 3 aromatic rings. The molecule has 180 valence electrons. The predicted molar refractivity (Wildman–Crippen MR) is 132 cm³/mol. The molecule has 0 radical (unpaired) electrons. The van der Waals surface area contributed by atoms with Crippen molar-refractivity contribution in [3.63, 3.8) is 0 Å². The number of carbonyl (C=O) groups is 2. The first-order valence-corrected chi connectivity index (χ1v) is 11.0. The first-order valence-electron chi connectivity index (χ1n) is 11.0. The molecule has 0 saturated carbocycles. The minimum atomic E-state index is -0.483. The number of hydrogen-bond donors (Lipinski definition) is 2. The Labute approximate surface area is 199 Å². The van der Waals surface area contributed by atoms with Gasteiger partial charge >= 0.3 is 0 Å². The standard InChI is InChI=1S/C26H31N3O5/c1-7-29-15-18(19-10-8-9-11-21(19)29)12-20(26(31)27-16(2)3)28-25(30)17-13-22(32-4)24(34-6)23(14-17)33-5/h8-16H,7H2,1-6H3,(H,27,31)(H,28,30)/b20-12-. The normalized spacial score (nSPS) is 11.4. The highest BCUT2D eigenvalue weighted by molar-refractivity contribution is 6.07. The van der Waals surface area contributed by atoms with Crippen molar-refractivity contribution in [3.05, 3.63) is 59.4 Å². The lowest BCUT2D eigenvalue weighted by atomic mass is 10.1. The Bertz CT molecular complexity index is 1200. The van der Waals surface area contributed by atoms with E-state index in [1.807, 2.05) is 44.3 Å². The van der Waals surface area contributed by atoms with E-state index in [1.54, 1.807) is 6.08 Å². The summed E-state index contributed by atoms with van der Waals surface area (Å²) in [6, 6.07) is 10.9. The first kappa shape index (κ1) is 24.7. The van der Waals surface area contributed by atoms with E-state index < -0.39 is 5.91 Å². The van der Waals surface area contributed by atoms with Gasteiger partial charge in [0.2, 0.25) is 5.75 Å². The molecule has 34 heavy (non-hydrogen) atoms. The summed E-state index contributed by atoms with van der Waals surface area (Å²) in [5.41, 5.74) is 2.27. The second-order valence-electron chi connectivity index (χ2n) is 7.94. The fourth-order valence-corrected chi connectivity index (χ4v) is 3.71. The molecule has 1 heterocycles.